The molecule has 0 aliphatic heterocycles. The largest absolute Gasteiger partial charge is 0.755 e. The Morgan fingerprint density at radius 3 is 2.53 bits per heavy atom. The average molecular weight is 471 g/mol. The van der Waals surface area contributed by atoms with Crippen LogP contribution in [0.1, 0.15) is 21.5 Å². The molecule has 2 heterocycles. The molecule has 3 aromatic carbocycles. The molecule has 0 bridgehead atoms. The number of hydrogen-bond acceptors (Lipinski definition) is 5. The van der Waals surface area contributed by atoms with E-state index in [-0.39, 0.29) is 11.7 Å². The van der Waals surface area contributed by atoms with Gasteiger partial charge in [0.15, 0.2) is 0 Å². The van der Waals surface area contributed by atoms with Crippen molar-refractivity contribution < 1.29 is 13.6 Å². The van der Waals surface area contributed by atoms with Crippen LogP contribution in [-0.2, 0) is 17.7 Å². The highest BCUT2D eigenvalue weighted by atomic mass is 32.2. The number of nitrogens with zero attached hydrogens (tertiary/aromatic N) is 2. The van der Waals surface area contributed by atoms with Gasteiger partial charge in [-0.25, -0.2) is 0 Å². The maximum atomic E-state index is 13.5. The van der Waals surface area contributed by atoms with Gasteiger partial charge in [0.25, 0.3) is 5.91 Å². The van der Waals surface area contributed by atoms with Gasteiger partial charge < -0.3 is 20.0 Å². The summed E-state index contributed by atoms with van der Waals surface area (Å²) in [6.07, 6.45) is 2.20. The Morgan fingerprint density at radius 1 is 1.03 bits per heavy atom. The molecule has 0 spiro atoms. The van der Waals surface area contributed by atoms with Gasteiger partial charge in [-0.3, -0.25) is 9.00 Å². The van der Waals surface area contributed by atoms with E-state index in [0.717, 1.165) is 22.0 Å². The predicted octanol–water partition coefficient (Wildman–Crippen LogP) is 4.10. The summed E-state index contributed by atoms with van der Waals surface area (Å²) in [6.45, 7) is 0. The molecule has 34 heavy (non-hydrogen) atoms. The Labute approximate surface area is 197 Å². The summed E-state index contributed by atoms with van der Waals surface area (Å²) in [5.74, 6) is -0.0678. The summed E-state index contributed by atoms with van der Waals surface area (Å²) < 4.78 is 25.3. The summed E-state index contributed by atoms with van der Waals surface area (Å²) in [7, 11) is 0. The second-order valence-corrected chi connectivity index (χ2v) is 8.43. The SMILES string of the molecule is Nc1c(Cc2ccc(NS(=O)[O-])cc2)c(-c2ccccc2)nn1C(=O)c1cccc2cc[nH]c12. The number of nitrogens with one attached hydrogen (secondary N) is 2. The van der Waals surface area contributed by atoms with Crippen LogP contribution in [0.15, 0.2) is 85.1 Å². The fourth-order valence-corrected chi connectivity index (χ4v) is 4.32. The summed E-state index contributed by atoms with van der Waals surface area (Å²) in [6, 6.07) is 23.9. The molecule has 1 atom stereocenters. The molecule has 9 heteroatoms. The topological polar surface area (TPSA) is 129 Å². The van der Waals surface area contributed by atoms with Gasteiger partial charge in [-0.15, -0.1) is 0 Å². The fraction of sp³-hybridized carbons (Fsp3) is 0.0400. The second kappa shape index (κ2) is 8.97. The number of hydrogen-bond donors (Lipinski definition) is 3. The Hall–Kier alpha value is -4.21. The first-order valence-electron chi connectivity index (χ1n) is 10.5. The standard InChI is InChI=1S/C25H21N5O3S/c26-24-21(15-16-9-11-19(12-10-16)29-34(32)33)23(17-5-2-1-3-6-17)28-30(24)25(31)20-8-4-7-18-13-14-27-22(18)20/h1-14,27,29H,15,26H2,(H,32,33)/p-1. The highest BCUT2D eigenvalue weighted by Gasteiger charge is 2.23. The molecule has 0 saturated carbocycles. The molecule has 0 fully saturated rings. The number of aromatic amines is 1. The van der Waals surface area contributed by atoms with Crippen LogP contribution in [0.3, 0.4) is 0 Å². The van der Waals surface area contributed by atoms with E-state index in [2.05, 4.69) is 14.8 Å². The number of para-hydroxylation sites is 1. The number of nitrogens with two attached hydrogens (primary N) is 1. The van der Waals surface area contributed by atoms with Crippen LogP contribution < -0.4 is 10.5 Å². The summed E-state index contributed by atoms with van der Waals surface area (Å²) in [5.41, 5.74) is 11.2. The zero-order valence-corrected chi connectivity index (χ0v) is 18.7. The molecule has 0 radical (unpaired) electrons. The van der Waals surface area contributed by atoms with Gasteiger partial charge in [0.05, 0.1) is 16.8 Å². The maximum Gasteiger partial charge on any atom is 0.282 e. The van der Waals surface area contributed by atoms with E-state index in [1.807, 2.05) is 60.7 Å². The van der Waals surface area contributed by atoms with E-state index in [9.17, 15) is 13.6 Å². The highest BCUT2D eigenvalue weighted by Crippen LogP contribution is 2.31. The molecule has 5 rings (SSSR count). The van der Waals surface area contributed by atoms with Gasteiger partial charge in [0.1, 0.15) is 5.82 Å². The minimum atomic E-state index is -2.39. The number of carbonyl (C=O) groups is 1. The molecule has 170 valence electrons. The van der Waals surface area contributed by atoms with Crippen LogP contribution in [-0.4, -0.2) is 29.4 Å². The van der Waals surface area contributed by atoms with Crippen molar-refractivity contribution in [2.75, 3.05) is 10.5 Å². The van der Waals surface area contributed by atoms with E-state index in [1.165, 1.54) is 4.68 Å². The van der Waals surface area contributed by atoms with Crippen LogP contribution >= 0.6 is 0 Å². The number of carbonyl (C=O) groups excluding carboxylic acids is 1. The third-order valence-electron chi connectivity index (χ3n) is 5.62. The van der Waals surface area contributed by atoms with Gasteiger partial charge in [0, 0.05) is 46.1 Å². The van der Waals surface area contributed by atoms with Gasteiger partial charge in [0.2, 0.25) is 0 Å². The van der Waals surface area contributed by atoms with Crippen LogP contribution in [0.4, 0.5) is 11.5 Å². The second-order valence-electron chi connectivity index (χ2n) is 7.75. The van der Waals surface area contributed by atoms with Gasteiger partial charge in [-0.1, -0.05) is 54.6 Å². The quantitative estimate of drug-likeness (QED) is 0.322. The van der Waals surface area contributed by atoms with E-state index in [0.29, 0.717) is 28.9 Å². The van der Waals surface area contributed by atoms with Crippen molar-refractivity contribution in [2.24, 2.45) is 0 Å². The maximum absolute atomic E-state index is 13.5. The number of anilines is 2. The van der Waals surface area contributed by atoms with Crippen molar-refractivity contribution in [3.8, 4) is 11.3 Å². The molecular weight excluding hydrogens is 450 g/mol. The van der Waals surface area contributed by atoms with Crippen LogP contribution in [0.5, 0.6) is 0 Å². The summed E-state index contributed by atoms with van der Waals surface area (Å²) in [5, 5.41) is 5.56. The summed E-state index contributed by atoms with van der Waals surface area (Å²) in [4.78, 5) is 16.6. The number of aromatic nitrogens is 3. The molecule has 1 unspecified atom stereocenters. The average Bonchev–Trinajstić information content (AvgIpc) is 3.45. The third kappa shape index (κ3) is 4.09. The number of H-pyrrole nitrogens is 1. The predicted molar refractivity (Wildman–Crippen MR) is 132 cm³/mol. The molecule has 4 N–H and O–H groups in total. The summed E-state index contributed by atoms with van der Waals surface area (Å²) >= 11 is -2.39. The Bertz CT molecular complexity index is 1510. The third-order valence-corrected chi connectivity index (χ3v) is 6.02. The minimum absolute atomic E-state index is 0.260. The lowest BCUT2D eigenvalue weighted by Gasteiger charge is -2.10. The first-order chi connectivity index (χ1) is 16.5. The van der Waals surface area contributed by atoms with E-state index in [4.69, 9.17) is 5.73 Å². The molecule has 0 saturated heterocycles. The molecule has 0 aliphatic carbocycles. The lowest BCUT2D eigenvalue weighted by molar-refractivity contribution is 0.0949. The molecule has 8 nitrogen and oxygen atoms in total. The monoisotopic (exact) mass is 470 g/mol. The zero-order chi connectivity index (χ0) is 23.7. The zero-order valence-electron chi connectivity index (χ0n) is 17.9. The van der Waals surface area contributed by atoms with Crippen molar-refractivity contribution in [1.29, 1.82) is 0 Å². The number of fused-ring (bicyclic) bond motifs is 1. The van der Waals surface area contributed by atoms with E-state index < -0.39 is 11.3 Å². The first kappa shape index (κ1) is 21.6. The lowest BCUT2D eigenvalue weighted by Crippen LogP contribution is -2.17. The van der Waals surface area contributed by atoms with Crippen LogP contribution in [0.2, 0.25) is 0 Å². The van der Waals surface area contributed by atoms with Crippen molar-refractivity contribution >= 4 is 39.6 Å². The molecule has 0 amide bonds. The molecular formula is C25H20N5O3S-. The van der Waals surface area contributed by atoms with Crippen molar-refractivity contribution in [3.63, 3.8) is 0 Å². The molecule has 2 aromatic heterocycles. The van der Waals surface area contributed by atoms with Gasteiger partial charge in [-0.2, -0.15) is 9.78 Å². The number of benzene rings is 3. The Morgan fingerprint density at radius 2 is 1.79 bits per heavy atom. The van der Waals surface area contributed by atoms with E-state index >= 15 is 0 Å². The smallest absolute Gasteiger partial charge is 0.282 e. The van der Waals surface area contributed by atoms with Crippen molar-refractivity contribution in [3.05, 3.63) is 102 Å². The molecule has 0 aliphatic rings. The Balaban J connectivity index is 1.58. The lowest BCUT2D eigenvalue weighted by atomic mass is 10.0. The van der Waals surface area contributed by atoms with Crippen LogP contribution in [0.25, 0.3) is 22.2 Å². The first-order valence-corrected chi connectivity index (χ1v) is 11.6. The number of rotatable bonds is 6. The van der Waals surface area contributed by atoms with E-state index in [1.54, 1.807) is 24.4 Å². The fourth-order valence-electron chi connectivity index (χ4n) is 3.99. The molecule has 5 aromatic rings. The van der Waals surface area contributed by atoms with Gasteiger partial charge in [-0.05, 0) is 29.8 Å². The van der Waals surface area contributed by atoms with Gasteiger partial charge >= 0.3 is 0 Å². The minimum Gasteiger partial charge on any atom is -0.755 e. The van der Waals surface area contributed by atoms with Crippen molar-refractivity contribution in [1.82, 2.24) is 14.8 Å². The Kier molecular flexibility index (Phi) is 5.70. The number of nitrogen functional groups attached to an aromatic ring is 1. The highest BCUT2D eigenvalue weighted by molar-refractivity contribution is 7.80. The normalized spacial score (nSPS) is 12.0. The van der Waals surface area contributed by atoms with Crippen molar-refractivity contribution in [2.45, 2.75) is 6.42 Å². The van der Waals surface area contributed by atoms with Crippen LogP contribution in [0, 0.1) is 0 Å².